The Bertz CT molecular complexity index is 1320. The molecule has 0 aliphatic carbocycles. The largest absolute Gasteiger partial charge is 0.508 e. The van der Waals surface area contributed by atoms with Crippen LogP contribution in [0, 0.1) is 11.3 Å². The van der Waals surface area contributed by atoms with Crippen molar-refractivity contribution in [1.29, 1.82) is 5.26 Å². The van der Waals surface area contributed by atoms with Crippen LogP contribution in [0.4, 0.5) is 10.7 Å². The van der Waals surface area contributed by atoms with E-state index in [4.69, 9.17) is 18.7 Å². The predicted octanol–water partition coefficient (Wildman–Crippen LogP) is 0.452. The van der Waals surface area contributed by atoms with E-state index in [1.807, 2.05) is 5.01 Å². The number of benzene rings is 2. The van der Waals surface area contributed by atoms with Gasteiger partial charge in [-0.25, -0.2) is 4.79 Å². The summed E-state index contributed by atoms with van der Waals surface area (Å²) in [5, 5.41) is 33.0. The van der Waals surface area contributed by atoms with Crippen LogP contribution >= 0.6 is 0 Å². The molecule has 2 amide bonds. The third-order valence-corrected chi connectivity index (χ3v) is 5.96. The number of morpholine rings is 1. The topological polar surface area (TPSA) is 175 Å². The molecule has 4 rings (SSSR count). The summed E-state index contributed by atoms with van der Waals surface area (Å²) in [4.78, 5) is 26.3. The van der Waals surface area contributed by atoms with Gasteiger partial charge in [0.1, 0.15) is 30.3 Å². The number of rotatable bonds is 13. The average molecular weight is 567 g/mol. The zero-order valence-electron chi connectivity index (χ0n) is 22.3. The monoisotopic (exact) mass is 566 g/mol. The lowest BCUT2D eigenvalue weighted by Crippen LogP contribution is -2.62. The highest BCUT2D eigenvalue weighted by atomic mass is 16.6. The number of anilines is 1. The minimum Gasteiger partial charge on any atom is -0.508 e. The number of phenolic OH excluding ortho intramolecular Hbond substituents is 1. The third kappa shape index (κ3) is 9.38. The van der Waals surface area contributed by atoms with Gasteiger partial charge in [0.15, 0.2) is 0 Å². The number of hydrogen-bond acceptors (Lipinski definition) is 11. The first-order valence-corrected chi connectivity index (χ1v) is 13.1. The first kappa shape index (κ1) is 29.1. The van der Waals surface area contributed by atoms with E-state index in [0.717, 1.165) is 5.56 Å². The summed E-state index contributed by atoms with van der Waals surface area (Å²) in [6.45, 7) is 3.32. The zero-order valence-corrected chi connectivity index (χ0v) is 22.3. The van der Waals surface area contributed by atoms with E-state index in [9.17, 15) is 20.0 Å². The Balaban J connectivity index is 1.26. The molecular formula is C27H32N7O7+. The molecule has 216 valence electrons. The van der Waals surface area contributed by atoms with Gasteiger partial charge in [0, 0.05) is 19.6 Å². The minimum absolute atomic E-state index is 0.0312. The quantitative estimate of drug-likeness (QED) is 0.167. The molecule has 2 heterocycles. The number of nitriles is 1. The van der Waals surface area contributed by atoms with Crippen LogP contribution in [0.15, 0.2) is 59.3 Å². The Kier molecular flexibility index (Phi) is 10.7. The number of carbonyl (C=O) groups is 2. The first-order chi connectivity index (χ1) is 20.0. The van der Waals surface area contributed by atoms with E-state index in [1.54, 1.807) is 36.4 Å². The number of ether oxygens (including phenoxy) is 3. The number of nitrogens with zero attached hydrogens (tertiary/aromatic N) is 4. The number of nitrogens with one attached hydrogen (secondary N) is 3. The molecule has 0 spiro atoms. The standard InChI is InChI=1S/C27H31N7O7/c28-16-21-3-1-2-4-24(21)39-19-23(17-29-9-10-30-25(36)15-20-5-7-22(35)8-6-20)40-27(37)31-26-18-34(32-41-26)33-11-13-38-14-12-33/h1-8,18,23,29H,9-15,17,19H2,(H2-,30,31,32,35,36,37)/p+1. The number of aromatic hydroxyl groups is 1. The van der Waals surface area contributed by atoms with E-state index < -0.39 is 12.2 Å². The molecule has 0 radical (unpaired) electrons. The fraction of sp³-hybridized carbons (Fsp3) is 0.370. The van der Waals surface area contributed by atoms with Crippen molar-refractivity contribution < 1.29 is 38.2 Å². The molecule has 1 aliphatic rings. The smallest absolute Gasteiger partial charge is 0.414 e. The SMILES string of the molecule is N#Cc1ccccc1OCC(CNCCNC(=O)Cc1ccc(O)cc1)OC(=O)Nc1c[n+](N2CCOCC2)no1. The van der Waals surface area contributed by atoms with Gasteiger partial charge < -0.3 is 30.0 Å². The van der Waals surface area contributed by atoms with Crippen LogP contribution in [0.3, 0.4) is 0 Å². The summed E-state index contributed by atoms with van der Waals surface area (Å²) < 4.78 is 21.9. The molecule has 1 saturated heterocycles. The summed E-state index contributed by atoms with van der Waals surface area (Å²) in [6, 6.07) is 15.3. The van der Waals surface area contributed by atoms with E-state index in [-0.39, 0.29) is 37.1 Å². The van der Waals surface area contributed by atoms with Crippen LogP contribution in [0.1, 0.15) is 11.1 Å². The number of aromatic nitrogens is 2. The Labute approximate surface area is 236 Å². The van der Waals surface area contributed by atoms with E-state index >= 15 is 0 Å². The van der Waals surface area contributed by atoms with Gasteiger partial charge in [-0.1, -0.05) is 24.3 Å². The maximum atomic E-state index is 12.6. The fourth-order valence-electron chi connectivity index (χ4n) is 3.88. The lowest BCUT2D eigenvalue weighted by molar-refractivity contribution is -0.759. The molecule has 0 saturated carbocycles. The molecule has 41 heavy (non-hydrogen) atoms. The number of amides is 2. The molecule has 1 aliphatic heterocycles. The molecule has 1 atom stereocenters. The van der Waals surface area contributed by atoms with Crippen molar-refractivity contribution in [1.82, 2.24) is 15.9 Å². The van der Waals surface area contributed by atoms with Crippen molar-refractivity contribution in [3.8, 4) is 17.6 Å². The summed E-state index contributed by atoms with van der Waals surface area (Å²) >= 11 is 0. The first-order valence-electron chi connectivity index (χ1n) is 13.1. The second kappa shape index (κ2) is 15.1. The summed E-state index contributed by atoms with van der Waals surface area (Å²) in [5.41, 5.74) is 1.14. The summed E-state index contributed by atoms with van der Waals surface area (Å²) in [7, 11) is 0. The lowest BCUT2D eigenvalue weighted by Gasteiger charge is -2.19. The van der Waals surface area contributed by atoms with Crippen molar-refractivity contribution in [2.75, 3.05) is 62.9 Å². The molecule has 3 aromatic rings. The fourth-order valence-corrected chi connectivity index (χ4v) is 3.88. The Morgan fingerprint density at radius 2 is 1.93 bits per heavy atom. The molecule has 1 unspecified atom stereocenters. The summed E-state index contributed by atoms with van der Waals surface area (Å²) in [6.07, 6.45) is 0.191. The zero-order chi connectivity index (χ0) is 28.9. The molecule has 4 N–H and O–H groups in total. The van der Waals surface area contributed by atoms with Gasteiger partial charge in [-0.2, -0.15) is 5.26 Å². The molecule has 14 nitrogen and oxygen atoms in total. The second-order valence-electron chi connectivity index (χ2n) is 9.02. The van der Waals surface area contributed by atoms with E-state index in [0.29, 0.717) is 50.7 Å². The summed E-state index contributed by atoms with van der Waals surface area (Å²) in [5.74, 6) is 0.441. The molecule has 1 fully saturated rings. The number of carbonyl (C=O) groups excluding carboxylic acids is 2. The normalized spacial score (nSPS) is 13.6. The van der Waals surface area contributed by atoms with Crippen LogP contribution in [0.25, 0.3) is 0 Å². The van der Waals surface area contributed by atoms with Crippen LogP contribution < -0.4 is 30.5 Å². The molecule has 14 heteroatoms. The van der Waals surface area contributed by atoms with Gasteiger partial charge in [0.05, 0.1) is 43.1 Å². The van der Waals surface area contributed by atoms with Gasteiger partial charge in [0.2, 0.25) is 11.2 Å². The van der Waals surface area contributed by atoms with Crippen molar-refractivity contribution in [3.05, 3.63) is 65.9 Å². The van der Waals surface area contributed by atoms with Crippen molar-refractivity contribution in [2.24, 2.45) is 0 Å². The molecule has 1 aromatic heterocycles. The van der Waals surface area contributed by atoms with Crippen LogP contribution in [0.5, 0.6) is 11.5 Å². The van der Waals surface area contributed by atoms with Crippen molar-refractivity contribution >= 4 is 17.9 Å². The van der Waals surface area contributed by atoms with Gasteiger partial charge >= 0.3 is 12.0 Å². The van der Waals surface area contributed by atoms with Gasteiger partial charge in [-0.3, -0.25) is 14.6 Å². The second-order valence-corrected chi connectivity index (χ2v) is 9.02. The van der Waals surface area contributed by atoms with Gasteiger partial charge in [0.25, 0.3) is 6.20 Å². The highest BCUT2D eigenvalue weighted by molar-refractivity contribution is 5.82. The Morgan fingerprint density at radius 3 is 2.71 bits per heavy atom. The van der Waals surface area contributed by atoms with Crippen LogP contribution in [-0.2, 0) is 20.7 Å². The number of hydrogen-bond donors (Lipinski definition) is 4. The van der Waals surface area contributed by atoms with Crippen LogP contribution in [-0.4, -0.2) is 81.0 Å². The highest BCUT2D eigenvalue weighted by Crippen LogP contribution is 2.17. The molecular weight excluding hydrogens is 534 g/mol. The minimum atomic E-state index is -0.776. The Morgan fingerprint density at radius 1 is 1.15 bits per heavy atom. The van der Waals surface area contributed by atoms with Gasteiger partial charge in [-0.05, 0) is 29.8 Å². The van der Waals surface area contributed by atoms with E-state index in [2.05, 4.69) is 27.3 Å². The third-order valence-electron chi connectivity index (χ3n) is 5.96. The van der Waals surface area contributed by atoms with Crippen LogP contribution in [0.2, 0.25) is 0 Å². The van der Waals surface area contributed by atoms with Crippen molar-refractivity contribution in [2.45, 2.75) is 12.5 Å². The Hall–Kier alpha value is -4.87. The van der Waals surface area contributed by atoms with E-state index in [1.165, 1.54) is 23.1 Å². The number of para-hydroxylation sites is 1. The highest BCUT2D eigenvalue weighted by Gasteiger charge is 2.25. The molecule has 2 aromatic carbocycles. The van der Waals surface area contributed by atoms with Crippen molar-refractivity contribution in [3.63, 3.8) is 0 Å². The number of phenols is 1. The predicted molar refractivity (Wildman–Crippen MR) is 144 cm³/mol. The molecule has 0 bridgehead atoms. The average Bonchev–Trinajstić information content (AvgIpc) is 3.45. The maximum absolute atomic E-state index is 12.6. The van der Waals surface area contributed by atoms with Gasteiger partial charge in [-0.15, -0.1) is 5.01 Å². The lowest BCUT2D eigenvalue weighted by atomic mass is 10.1. The maximum Gasteiger partial charge on any atom is 0.414 e.